The van der Waals surface area contributed by atoms with E-state index in [9.17, 15) is 0 Å². The molecule has 0 fully saturated rings. The molecule has 18 heavy (non-hydrogen) atoms. The number of ether oxygens (including phenoxy) is 2. The second-order valence-corrected chi connectivity index (χ2v) is 3.92. The van der Waals surface area contributed by atoms with Crippen LogP contribution >= 0.6 is 11.6 Å². The normalized spacial score (nSPS) is 11.1. The zero-order valence-corrected chi connectivity index (χ0v) is 10.5. The largest absolute Gasteiger partial charge is 0.489 e. The van der Waals surface area contributed by atoms with Gasteiger partial charge in [0.1, 0.15) is 18.1 Å². The predicted octanol–water partition coefficient (Wildman–Crippen LogP) is 4.22. The topological polar surface area (TPSA) is 18.5 Å². The lowest BCUT2D eigenvalue weighted by molar-refractivity contribution is 0.355. The minimum Gasteiger partial charge on any atom is -0.489 e. The summed E-state index contributed by atoms with van der Waals surface area (Å²) in [5, 5.41) is 0.303. The molecule has 0 N–H and O–H groups in total. The highest BCUT2D eigenvalue weighted by Gasteiger charge is 1.96. The molecule has 3 heteroatoms. The van der Waals surface area contributed by atoms with Crippen molar-refractivity contribution in [3.05, 3.63) is 72.0 Å². The van der Waals surface area contributed by atoms with E-state index in [1.807, 2.05) is 60.7 Å². The molecule has 2 aromatic rings. The summed E-state index contributed by atoms with van der Waals surface area (Å²) < 4.78 is 10.9. The van der Waals surface area contributed by atoms with Crippen molar-refractivity contribution in [2.45, 2.75) is 0 Å². The third-order valence-corrected chi connectivity index (χ3v) is 2.43. The van der Waals surface area contributed by atoms with E-state index in [2.05, 4.69) is 0 Å². The Morgan fingerprint density at radius 2 is 1.44 bits per heavy atom. The van der Waals surface area contributed by atoms with Crippen molar-refractivity contribution in [3.63, 3.8) is 0 Å². The van der Waals surface area contributed by atoms with E-state index >= 15 is 0 Å². The van der Waals surface area contributed by atoms with Gasteiger partial charge >= 0.3 is 0 Å². The van der Waals surface area contributed by atoms with E-state index in [0.717, 1.165) is 5.75 Å². The Bertz CT molecular complexity index is 494. The molecule has 0 heterocycles. The number of hydrogen-bond donors (Lipinski definition) is 0. The van der Waals surface area contributed by atoms with E-state index in [-0.39, 0.29) is 0 Å². The first kappa shape index (κ1) is 12.5. The van der Waals surface area contributed by atoms with Crippen molar-refractivity contribution in [2.24, 2.45) is 0 Å². The lowest BCUT2D eigenvalue weighted by Crippen LogP contribution is -1.96. The van der Waals surface area contributed by atoms with Crippen molar-refractivity contribution < 1.29 is 9.47 Å². The average molecular weight is 261 g/mol. The van der Waals surface area contributed by atoms with Gasteiger partial charge in [0.05, 0.1) is 0 Å². The van der Waals surface area contributed by atoms with E-state index in [1.54, 1.807) is 6.08 Å². The number of hydrogen-bond acceptors (Lipinski definition) is 2. The highest BCUT2D eigenvalue weighted by Crippen LogP contribution is 2.15. The van der Waals surface area contributed by atoms with Gasteiger partial charge in [-0.15, -0.1) is 0 Å². The van der Waals surface area contributed by atoms with Gasteiger partial charge in [0.2, 0.25) is 0 Å². The first-order valence-electron chi connectivity index (χ1n) is 5.61. The lowest BCUT2D eigenvalue weighted by atomic mass is 10.3. The molecule has 0 unspecified atom stereocenters. The summed E-state index contributed by atoms with van der Waals surface area (Å²) in [7, 11) is 0. The minimum absolute atomic E-state index is 0.303. The lowest BCUT2D eigenvalue weighted by Gasteiger charge is -2.05. The molecule has 0 aliphatic carbocycles. The fraction of sp³-hybridized carbons (Fsp3) is 0.0667. The number of rotatable bonds is 5. The summed E-state index contributed by atoms with van der Waals surface area (Å²) in [5.74, 6) is 1.51. The van der Waals surface area contributed by atoms with E-state index in [1.165, 1.54) is 0 Å². The van der Waals surface area contributed by atoms with Crippen molar-refractivity contribution >= 4 is 11.6 Å². The molecule has 0 radical (unpaired) electrons. The third kappa shape index (κ3) is 4.15. The molecular formula is C15H13ClO2. The Hall–Kier alpha value is -1.93. The van der Waals surface area contributed by atoms with Gasteiger partial charge < -0.3 is 9.47 Å². The van der Waals surface area contributed by atoms with Crippen molar-refractivity contribution in [2.75, 3.05) is 6.61 Å². The molecular weight excluding hydrogens is 248 g/mol. The standard InChI is InChI=1S/C15H13ClO2/c16-15(18-14-9-5-2-6-10-14)11-12-17-13-7-3-1-4-8-13/h1-11H,12H2. The minimum atomic E-state index is 0.303. The van der Waals surface area contributed by atoms with Crippen LogP contribution in [-0.4, -0.2) is 6.61 Å². The molecule has 2 nitrogen and oxygen atoms in total. The van der Waals surface area contributed by atoms with E-state index in [4.69, 9.17) is 21.1 Å². The van der Waals surface area contributed by atoms with Crippen LogP contribution in [0.1, 0.15) is 0 Å². The zero-order chi connectivity index (χ0) is 12.6. The molecule has 0 bridgehead atoms. The SMILES string of the molecule is ClC(=CCOc1ccccc1)Oc1ccccc1. The van der Waals surface area contributed by atoms with Crippen LogP contribution in [0.25, 0.3) is 0 Å². The third-order valence-electron chi connectivity index (χ3n) is 2.20. The molecule has 0 saturated carbocycles. The van der Waals surface area contributed by atoms with Crippen LogP contribution in [0.2, 0.25) is 0 Å². The molecule has 2 aromatic carbocycles. The van der Waals surface area contributed by atoms with Gasteiger partial charge in [-0.25, -0.2) is 0 Å². The molecule has 0 spiro atoms. The number of halogens is 1. The quantitative estimate of drug-likeness (QED) is 0.749. The molecule has 2 rings (SSSR count). The highest BCUT2D eigenvalue weighted by atomic mass is 35.5. The second kappa shape index (κ2) is 6.72. The summed E-state index contributed by atoms with van der Waals surface area (Å²) in [5.41, 5.74) is 0. The highest BCUT2D eigenvalue weighted by molar-refractivity contribution is 6.28. The molecule has 0 aromatic heterocycles. The van der Waals surface area contributed by atoms with Gasteiger partial charge in [0.25, 0.3) is 0 Å². The maximum absolute atomic E-state index is 5.94. The van der Waals surface area contributed by atoms with Gasteiger partial charge in [-0.3, -0.25) is 0 Å². The Balaban J connectivity index is 1.83. The summed E-state index contributed by atoms with van der Waals surface area (Å²) in [4.78, 5) is 0. The number of benzene rings is 2. The van der Waals surface area contributed by atoms with E-state index in [0.29, 0.717) is 17.6 Å². The maximum Gasteiger partial charge on any atom is 0.193 e. The molecule has 0 aliphatic heterocycles. The molecule has 0 atom stereocenters. The van der Waals surface area contributed by atoms with Crippen LogP contribution in [0, 0.1) is 0 Å². The molecule has 0 saturated heterocycles. The Morgan fingerprint density at radius 3 is 2.06 bits per heavy atom. The summed E-state index contributed by atoms with van der Waals surface area (Å²) in [6.07, 6.45) is 1.68. The molecule has 0 aliphatic rings. The summed E-state index contributed by atoms with van der Waals surface area (Å²) in [6, 6.07) is 18.9. The van der Waals surface area contributed by atoms with E-state index < -0.39 is 0 Å². The summed E-state index contributed by atoms with van der Waals surface area (Å²) in [6.45, 7) is 0.371. The zero-order valence-electron chi connectivity index (χ0n) is 9.75. The van der Waals surface area contributed by atoms with Gasteiger partial charge in [-0.05, 0) is 35.9 Å². The van der Waals surface area contributed by atoms with Crippen molar-refractivity contribution in [1.82, 2.24) is 0 Å². The van der Waals surface area contributed by atoms with Gasteiger partial charge in [0.15, 0.2) is 5.22 Å². The van der Waals surface area contributed by atoms with Crippen LogP contribution in [0.3, 0.4) is 0 Å². The van der Waals surface area contributed by atoms with Crippen LogP contribution in [0.4, 0.5) is 0 Å². The summed E-state index contributed by atoms with van der Waals surface area (Å²) >= 11 is 5.94. The van der Waals surface area contributed by atoms with Crippen molar-refractivity contribution in [1.29, 1.82) is 0 Å². The van der Waals surface area contributed by atoms with Crippen LogP contribution in [0.15, 0.2) is 72.0 Å². The Kier molecular flexibility index (Phi) is 4.68. The van der Waals surface area contributed by atoms with Gasteiger partial charge in [0, 0.05) is 6.08 Å². The first-order valence-corrected chi connectivity index (χ1v) is 5.99. The Morgan fingerprint density at radius 1 is 0.889 bits per heavy atom. The maximum atomic E-state index is 5.94. The molecule has 92 valence electrons. The second-order valence-electron chi connectivity index (χ2n) is 3.55. The van der Waals surface area contributed by atoms with Gasteiger partial charge in [-0.1, -0.05) is 36.4 Å². The number of para-hydroxylation sites is 2. The first-order chi connectivity index (χ1) is 8.84. The fourth-order valence-electron chi connectivity index (χ4n) is 1.36. The average Bonchev–Trinajstić information content (AvgIpc) is 2.41. The van der Waals surface area contributed by atoms with Crippen LogP contribution in [-0.2, 0) is 0 Å². The predicted molar refractivity (Wildman–Crippen MR) is 72.9 cm³/mol. The van der Waals surface area contributed by atoms with Crippen molar-refractivity contribution in [3.8, 4) is 11.5 Å². The fourth-order valence-corrected chi connectivity index (χ4v) is 1.51. The molecule has 0 amide bonds. The van der Waals surface area contributed by atoms with Gasteiger partial charge in [-0.2, -0.15) is 0 Å². The van der Waals surface area contributed by atoms with Crippen LogP contribution in [0.5, 0.6) is 11.5 Å². The Labute approximate surface area is 111 Å². The van der Waals surface area contributed by atoms with Crippen LogP contribution < -0.4 is 9.47 Å². The smallest absolute Gasteiger partial charge is 0.193 e. The monoisotopic (exact) mass is 260 g/mol.